The minimum absolute atomic E-state index is 0. The van der Waals surface area contributed by atoms with Gasteiger partial charge < -0.3 is 11.1 Å². The smallest absolute Gasteiger partial charge is 0.225 e. The van der Waals surface area contributed by atoms with Crippen molar-refractivity contribution in [1.82, 2.24) is 15.1 Å². The van der Waals surface area contributed by atoms with E-state index < -0.39 is 0 Å². The maximum Gasteiger partial charge on any atom is 0.225 e. The van der Waals surface area contributed by atoms with Crippen LogP contribution in [0.15, 0.2) is 24.3 Å². The second-order valence-corrected chi connectivity index (χ2v) is 7.16. The van der Waals surface area contributed by atoms with E-state index >= 15 is 0 Å². The van der Waals surface area contributed by atoms with E-state index in [1.54, 1.807) is 16.8 Å². The Morgan fingerprint density at radius 3 is 2.50 bits per heavy atom. The molecule has 1 atom stereocenters. The Hall–Kier alpha value is -1.92. The summed E-state index contributed by atoms with van der Waals surface area (Å²) in [5.74, 6) is 0.154. The average molecular weight is 381 g/mol. The third-order valence-corrected chi connectivity index (χ3v) is 5.18. The maximum absolute atomic E-state index is 13.1. The summed E-state index contributed by atoms with van der Waals surface area (Å²) in [6, 6.07) is 6.16. The van der Waals surface area contributed by atoms with E-state index in [9.17, 15) is 9.18 Å². The quantitative estimate of drug-likeness (QED) is 0.809. The summed E-state index contributed by atoms with van der Waals surface area (Å²) >= 11 is 0. The summed E-state index contributed by atoms with van der Waals surface area (Å²) in [5.41, 5.74) is 8.92. The molecule has 1 aliphatic rings. The predicted octanol–water partition coefficient (Wildman–Crippen LogP) is 2.84. The molecule has 0 aliphatic heterocycles. The summed E-state index contributed by atoms with van der Waals surface area (Å²) in [6.45, 7) is 6.27. The first-order chi connectivity index (χ1) is 11.8. The van der Waals surface area contributed by atoms with Crippen LogP contribution in [0.3, 0.4) is 0 Å². The topological polar surface area (TPSA) is 72.9 Å². The molecule has 1 unspecified atom stereocenters. The van der Waals surface area contributed by atoms with Crippen LogP contribution in [0.5, 0.6) is 0 Å². The molecule has 142 valence electrons. The molecular weight excluding hydrogens is 355 g/mol. The molecule has 1 aromatic carbocycles. The maximum atomic E-state index is 13.1. The molecule has 1 amide bonds. The number of nitrogens with two attached hydrogens (primary N) is 1. The molecule has 1 saturated carbocycles. The minimum Gasteiger partial charge on any atom is -0.349 e. The van der Waals surface area contributed by atoms with Crippen LogP contribution in [0.1, 0.15) is 36.7 Å². The molecule has 5 nitrogen and oxygen atoms in total. The van der Waals surface area contributed by atoms with Gasteiger partial charge in [0.2, 0.25) is 5.91 Å². The van der Waals surface area contributed by atoms with Crippen molar-refractivity contribution < 1.29 is 9.18 Å². The van der Waals surface area contributed by atoms with Crippen LogP contribution in [0.2, 0.25) is 0 Å². The van der Waals surface area contributed by atoms with Crippen LogP contribution in [-0.4, -0.2) is 27.8 Å². The van der Waals surface area contributed by atoms with E-state index in [1.165, 1.54) is 12.1 Å². The van der Waals surface area contributed by atoms with Crippen LogP contribution >= 0.6 is 12.4 Å². The van der Waals surface area contributed by atoms with E-state index in [1.807, 2.05) is 20.8 Å². The Balaban J connectivity index is 0.00000243. The largest absolute Gasteiger partial charge is 0.349 e. The van der Waals surface area contributed by atoms with E-state index in [0.29, 0.717) is 12.5 Å². The fraction of sp³-hybridized carbons (Fsp3) is 0.474. The zero-order valence-corrected chi connectivity index (χ0v) is 16.2. The van der Waals surface area contributed by atoms with Gasteiger partial charge in [-0.2, -0.15) is 5.10 Å². The molecule has 0 saturated heterocycles. The van der Waals surface area contributed by atoms with Crippen molar-refractivity contribution >= 4 is 18.3 Å². The fourth-order valence-corrected chi connectivity index (χ4v) is 3.33. The number of carbonyl (C=O) groups excluding carboxylic acids is 1. The monoisotopic (exact) mass is 380 g/mol. The number of carbonyl (C=O) groups is 1. The summed E-state index contributed by atoms with van der Waals surface area (Å²) in [4.78, 5) is 12.6. The third-order valence-electron chi connectivity index (χ3n) is 5.18. The first-order valence-corrected chi connectivity index (χ1v) is 8.66. The molecule has 0 bridgehead atoms. The van der Waals surface area contributed by atoms with Gasteiger partial charge in [0.25, 0.3) is 0 Å². The molecule has 3 rings (SSSR count). The number of hydrogen-bond donors (Lipinski definition) is 2. The molecule has 1 aliphatic carbocycles. The molecule has 0 spiro atoms. The van der Waals surface area contributed by atoms with Gasteiger partial charge in [-0.05, 0) is 63.8 Å². The van der Waals surface area contributed by atoms with Gasteiger partial charge in [0, 0.05) is 17.8 Å². The number of rotatable bonds is 6. The van der Waals surface area contributed by atoms with E-state index in [2.05, 4.69) is 10.4 Å². The number of aryl methyl sites for hydroxylation is 1. The SMILES string of the molecule is Cc1nn(-c2ccc(F)cc2)c(C)c1CC(=O)NC(C)(CN)C1CC1.Cl. The Morgan fingerprint density at radius 2 is 1.96 bits per heavy atom. The van der Waals surface area contributed by atoms with Gasteiger partial charge in [-0.25, -0.2) is 9.07 Å². The van der Waals surface area contributed by atoms with E-state index in [0.717, 1.165) is 35.5 Å². The third kappa shape index (κ3) is 4.07. The molecule has 0 radical (unpaired) electrons. The lowest BCUT2D eigenvalue weighted by Gasteiger charge is -2.29. The van der Waals surface area contributed by atoms with Gasteiger partial charge in [0.05, 0.1) is 23.3 Å². The lowest BCUT2D eigenvalue weighted by Crippen LogP contribution is -2.53. The Labute approximate surface area is 159 Å². The first kappa shape index (κ1) is 20.4. The summed E-state index contributed by atoms with van der Waals surface area (Å²) in [6.07, 6.45) is 2.50. The molecule has 2 aromatic rings. The van der Waals surface area contributed by atoms with Crippen LogP contribution in [0, 0.1) is 25.6 Å². The number of nitrogens with one attached hydrogen (secondary N) is 1. The highest BCUT2D eigenvalue weighted by atomic mass is 35.5. The lowest BCUT2D eigenvalue weighted by molar-refractivity contribution is -0.122. The van der Waals surface area contributed by atoms with Gasteiger partial charge in [0.1, 0.15) is 5.82 Å². The van der Waals surface area contributed by atoms with Gasteiger partial charge in [-0.15, -0.1) is 12.4 Å². The zero-order valence-electron chi connectivity index (χ0n) is 15.4. The van der Waals surface area contributed by atoms with Crippen molar-refractivity contribution in [1.29, 1.82) is 0 Å². The van der Waals surface area contributed by atoms with Gasteiger partial charge in [0.15, 0.2) is 0 Å². The second-order valence-electron chi connectivity index (χ2n) is 7.16. The molecule has 1 aromatic heterocycles. The number of nitrogens with zero attached hydrogens (tertiary/aromatic N) is 2. The second kappa shape index (κ2) is 7.76. The number of benzene rings is 1. The van der Waals surface area contributed by atoms with Crippen molar-refractivity contribution in [2.45, 2.75) is 45.6 Å². The summed E-state index contributed by atoms with van der Waals surface area (Å²) in [5, 5.41) is 7.63. The van der Waals surface area contributed by atoms with Crippen LogP contribution < -0.4 is 11.1 Å². The standard InChI is InChI=1S/C19H25FN4O.ClH/c1-12-17(10-18(25)22-19(3,11-21)14-4-5-14)13(2)24(23-12)16-8-6-15(20)7-9-16;/h6-9,14H,4-5,10-11,21H2,1-3H3,(H,22,25);1H. The number of halogens is 2. The van der Waals surface area contributed by atoms with Gasteiger partial charge >= 0.3 is 0 Å². The van der Waals surface area contributed by atoms with Gasteiger partial charge in [-0.1, -0.05) is 0 Å². The highest BCUT2D eigenvalue weighted by molar-refractivity contribution is 5.85. The number of amides is 1. The van der Waals surface area contributed by atoms with E-state index in [-0.39, 0.29) is 36.1 Å². The molecule has 1 heterocycles. The van der Waals surface area contributed by atoms with Crippen molar-refractivity contribution in [3.63, 3.8) is 0 Å². The zero-order chi connectivity index (χ0) is 18.2. The van der Waals surface area contributed by atoms with E-state index in [4.69, 9.17) is 5.73 Å². The highest BCUT2D eigenvalue weighted by Crippen LogP contribution is 2.39. The molecule has 1 fully saturated rings. The Bertz CT molecular complexity index is 786. The first-order valence-electron chi connectivity index (χ1n) is 8.66. The van der Waals surface area contributed by atoms with Crippen molar-refractivity contribution in [3.05, 3.63) is 47.0 Å². The Kier molecular flexibility index (Phi) is 6.09. The van der Waals surface area contributed by atoms with Gasteiger partial charge in [-0.3, -0.25) is 4.79 Å². The molecular formula is C19H26ClFN4O. The lowest BCUT2D eigenvalue weighted by atomic mass is 9.95. The average Bonchev–Trinajstić information content (AvgIpc) is 3.39. The normalized spacial score (nSPS) is 15.9. The van der Waals surface area contributed by atoms with Crippen molar-refractivity contribution in [2.24, 2.45) is 11.7 Å². The molecule has 26 heavy (non-hydrogen) atoms. The summed E-state index contributed by atoms with van der Waals surface area (Å²) < 4.78 is 14.9. The summed E-state index contributed by atoms with van der Waals surface area (Å²) in [7, 11) is 0. The van der Waals surface area contributed by atoms with Crippen LogP contribution in [0.25, 0.3) is 5.69 Å². The minimum atomic E-state index is -0.328. The predicted molar refractivity (Wildman–Crippen MR) is 102 cm³/mol. The van der Waals surface area contributed by atoms with Crippen molar-refractivity contribution in [2.75, 3.05) is 6.54 Å². The number of aromatic nitrogens is 2. The van der Waals surface area contributed by atoms with Crippen LogP contribution in [0.4, 0.5) is 4.39 Å². The molecule has 3 N–H and O–H groups in total. The highest BCUT2D eigenvalue weighted by Gasteiger charge is 2.41. The fourth-order valence-electron chi connectivity index (χ4n) is 3.33. The van der Waals surface area contributed by atoms with Crippen LogP contribution in [-0.2, 0) is 11.2 Å². The number of hydrogen-bond acceptors (Lipinski definition) is 3. The molecule has 7 heteroatoms. The Morgan fingerprint density at radius 1 is 1.35 bits per heavy atom. The van der Waals surface area contributed by atoms with Crippen molar-refractivity contribution in [3.8, 4) is 5.69 Å².